The Bertz CT molecular complexity index is 461. The summed E-state index contributed by atoms with van der Waals surface area (Å²) in [6.07, 6.45) is 2.67. The first-order valence-corrected chi connectivity index (χ1v) is 3.71. The largest absolute Gasteiger partial charge is 0.710 e. The van der Waals surface area contributed by atoms with Crippen molar-refractivity contribution < 1.29 is 4.73 Å². The summed E-state index contributed by atoms with van der Waals surface area (Å²) in [7, 11) is 0. The number of rotatable bonds is 0. The Morgan fingerprint density at radius 2 is 1.92 bits per heavy atom. The summed E-state index contributed by atoms with van der Waals surface area (Å²) < 4.78 is 0.612. The molecule has 0 spiro atoms. The van der Waals surface area contributed by atoms with Crippen LogP contribution in [0.25, 0.3) is 10.9 Å². The van der Waals surface area contributed by atoms with E-state index in [4.69, 9.17) is 11.5 Å². The molecule has 0 aliphatic heterocycles. The number of hydrogen-bond donors (Lipinski definition) is 2. The molecule has 0 saturated heterocycles. The van der Waals surface area contributed by atoms with Gasteiger partial charge in [-0.2, -0.15) is 0 Å². The molecule has 66 valence electrons. The van der Waals surface area contributed by atoms with E-state index in [1.807, 2.05) is 0 Å². The Morgan fingerprint density at radius 3 is 2.62 bits per heavy atom. The van der Waals surface area contributed by atoms with Crippen LogP contribution >= 0.6 is 0 Å². The zero-order valence-electron chi connectivity index (χ0n) is 6.77. The van der Waals surface area contributed by atoms with Gasteiger partial charge in [0.05, 0.1) is 11.1 Å². The smallest absolute Gasteiger partial charge is 0.289 e. The van der Waals surface area contributed by atoms with Crippen LogP contribution in [-0.4, -0.2) is 4.98 Å². The Balaban J connectivity index is 3.00. The topological polar surface area (TPSA) is 91.9 Å². The highest BCUT2D eigenvalue weighted by Gasteiger charge is 2.07. The van der Waals surface area contributed by atoms with E-state index in [0.29, 0.717) is 27.0 Å². The van der Waals surface area contributed by atoms with Gasteiger partial charge in [-0.05, 0) is 12.1 Å². The number of nitrogens with zero attached hydrogens (tertiary/aromatic N) is 2. The molecular weight excluding hydrogens is 168 g/mol. The van der Waals surface area contributed by atoms with Crippen molar-refractivity contribution in [3.05, 3.63) is 29.9 Å². The van der Waals surface area contributed by atoms with E-state index in [1.165, 1.54) is 6.20 Å². The van der Waals surface area contributed by atoms with Gasteiger partial charge in [-0.15, -0.1) is 0 Å². The van der Waals surface area contributed by atoms with Crippen LogP contribution in [0.5, 0.6) is 0 Å². The number of fused-ring (bicyclic) bond motifs is 1. The first-order chi connectivity index (χ1) is 6.20. The van der Waals surface area contributed by atoms with E-state index in [2.05, 4.69) is 4.98 Å². The van der Waals surface area contributed by atoms with Crippen LogP contribution in [0.3, 0.4) is 0 Å². The molecule has 0 aliphatic carbocycles. The van der Waals surface area contributed by atoms with Gasteiger partial charge in [-0.1, -0.05) is 4.98 Å². The molecule has 13 heavy (non-hydrogen) atoms. The van der Waals surface area contributed by atoms with Gasteiger partial charge in [0.2, 0.25) is 0 Å². The molecule has 1 heterocycles. The molecule has 0 atom stereocenters. The lowest BCUT2D eigenvalue weighted by Crippen LogP contribution is -2.28. The molecule has 5 heteroatoms. The number of nitrogen functional groups attached to an aromatic ring is 2. The standard InChI is InChI=1S/C8H8N4O/c9-6-1-2-7(10)8-5(6)3-11-4-12(8)13/h1-4H,9-10H2. The van der Waals surface area contributed by atoms with Crippen LogP contribution in [0, 0.1) is 5.21 Å². The predicted octanol–water partition coefficient (Wildman–Crippen LogP) is 0.0326. The molecule has 2 rings (SSSR count). The summed E-state index contributed by atoms with van der Waals surface area (Å²) in [5.41, 5.74) is 12.5. The second kappa shape index (κ2) is 2.48. The molecule has 0 radical (unpaired) electrons. The SMILES string of the molecule is Nc1ccc(N)c2c1cnc[n+]2[O-]. The summed E-state index contributed by atoms with van der Waals surface area (Å²) >= 11 is 0. The Kier molecular flexibility index (Phi) is 1.45. The van der Waals surface area contributed by atoms with Crippen molar-refractivity contribution in [1.29, 1.82) is 0 Å². The molecule has 0 saturated carbocycles. The van der Waals surface area contributed by atoms with Crippen molar-refractivity contribution in [1.82, 2.24) is 4.98 Å². The second-order valence-corrected chi connectivity index (χ2v) is 2.73. The van der Waals surface area contributed by atoms with Gasteiger partial charge in [0, 0.05) is 5.69 Å². The zero-order chi connectivity index (χ0) is 9.42. The number of aromatic nitrogens is 2. The third kappa shape index (κ3) is 1.01. The maximum atomic E-state index is 11.3. The van der Waals surface area contributed by atoms with Crippen LogP contribution in [0.15, 0.2) is 24.7 Å². The minimum absolute atomic E-state index is 0.370. The summed E-state index contributed by atoms with van der Waals surface area (Å²) in [6, 6.07) is 3.26. The van der Waals surface area contributed by atoms with Crippen LogP contribution in [-0.2, 0) is 0 Å². The molecule has 0 bridgehead atoms. The van der Waals surface area contributed by atoms with E-state index in [0.717, 1.165) is 6.33 Å². The molecular formula is C8H8N4O. The van der Waals surface area contributed by atoms with Crippen LogP contribution in [0.2, 0.25) is 0 Å². The monoisotopic (exact) mass is 176 g/mol. The Labute approximate surface area is 74.2 Å². The van der Waals surface area contributed by atoms with Crippen molar-refractivity contribution in [2.45, 2.75) is 0 Å². The van der Waals surface area contributed by atoms with E-state index >= 15 is 0 Å². The summed E-state index contributed by atoms with van der Waals surface area (Å²) in [4.78, 5) is 3.73. The number of nitrogens with two attached hydrogens (primary N) is 2. The predicted molar refractivity (Wildman–Crippen MR) is 49.5 cm³/mol. The van der Waals surface area contributed by atoms with Crippen molar-refractivity contribution in [2.75, 3.05) is 11.5 Å². The van der Waals surface area contributed by atoms with Crippen LogP contribution < -0.4 is 16.2 Å². The molecule has 1 aromatic carbocycles. The van der Waals surface area contributed by atoms with Gasteiger partial charge in [0.25, 0.3) is 6.33 Å². The van der Waals surface area contributed by atoms with Gasteiger partial charge in [0.15, 0.2) is 11.7 Å². The van der Waals surface area contributed by atoms with Crippen molar-refractivity contribution in [3.8, 4) is 0 Å². The third-order valence-electron chi connectivity index (χ3n) is 1.88. The average molecular weight is 176 g/mol. The minimum atomic E-state index is 0.370. The Hall–Kier alpha value is -2.04. The van der Waals surface area contributed by atoms with Gasteiger partial charge < -0.3 is 16.7 Å². The highest BCUT2D eigenvalue weighted by molar-refractivity contribution is 5.94. The maximum Gasteiger partial charge on any atom is 0.289 e. The van der Waals surface area contributed by atoms with Crippen molar-refractivity contribution in [2.24, 2.45) is 0 Å². The lowest BCUT2D eigenvalue weighted by Gasteiger charge is -2.07. The molecule has 2 aromatic rings. The first kappa shape index (κ1) is 7.60. The number of benzene rings is 1. The lowest BCUT2D eigenvalue weighted by molar-refractivity contribution is -0.579. The van der Waals surface area contributed by atoms with Gasteiger partial charge in [-0.25, -0.2) is 4.73 Å². The summed E-state index contributed by atoms with van der Waals surface area (Å²) in [5, 5.41) is 11.9. The highest BCUT2D eigenvalue weighted by atomic mass is 16.5. The molecule has 5 nitrogen and oxygen atoms in total. The molecule has 0 fully saturated rings. The fourth-order valence-electron chi connectivity index (χ4n) is 1.25. The third-order valence-corrected chi connectivity index (χ3v) is 1.88. The molecule has 0 unspecified atom stereocenters. The average Bonchev–Trinajstić information content (AvgIpc) is 2.12. The first-order valence-electron chi connectivity index (χ1n) is 3.71. The van der Waals surface area contributed by atoms with E-state index < -0.39 is 0 Å². The zero-order valence-corrected chi connectivity index (χ0v) is 6.77. The number of anilines is 2. The molecule has 0 amide bonds. The molecule has 4 N–H and O–H groups in total. The van der Waals surface area contributed by atoms with E-state index in [1.54, 1.807) is 12.1 Å². The van der Waals surface area contributed by atoms with E-state index in [9.17, 15) is 5.21 Å². The maximum absolute atomic E-state index is 11.3. The fraction of sp³-hybridized carbons (Fsp3) is 0. The Morgan fingerprint density at radius 1 is 1.23 bits per heavy atom. The van der Waals surface area contributed by atoms with Crippen LogP contribution in [0.1, 0.15) is 0 Å². The second-order valence-electron chi connectivity index (χ2n) is 2.73. The van der Waals surface area contributed by atoms with Gasteiger partial charge in [-0.3, -0.25) is 0 Å². The number of hydrogen-bond acceptors (Lipinski definition) is 4. The summed E-state index contributed by atoms with van der Waals surface area (Å²) in [6.45, 7) is 0. The van der Waals surface area contributed by atoms with E-state index in [-0.39, 0.29) is 0 Å². The quantitative estimate of drug-likeness (QED) is 0.336. The van der Waals surface area contributed by atoms with Crippen LogP contribution in [0.4, 0.5) is 11.4 Å². The highest BCUT2D eigenvalue weighted by Crippen LogP contribution is 2.21. The van der Waals surface area contributed by atoms with Crippen molar-refractivity contribution >= 4 is 22.3 Å². The normalized spacial score (nSPS) is 10.5. The van der Waals surface area contributed by atoms with Gasteiger partial charge in [0.1, 0.15) is 0 Å². The summed E-state index contributed by atoms with van der Waals surface area (Å²) in [5.74, 6) is 0. The molecule has 1 aromatic heterocycles. The lowest BCUT2D eigenvalue weighted by atomic mass is 10.2. The molecule has 0 aliphatic rings. The van der Waals surface area contributed by atoms with Crippen molar-refractivity contribution in [3.63, 3.8) is 0 Å². The van der Waals surface area contributed by atoms with Gasteiger partial charge >= 0.3 is 0 Å². The fourth-order valence-corrected chi connectivity index (χ4v) is 1.25. The minimum Gasteiger partial charge on any atom is -0.710 e.